The molecule has 0 unspecified atom stereocenters. The second-order valence-corrected chi connectivity index (χ2v) is 1.96. The van der Waals surface area contributed by atoms with Crippen molar-refractivity contribution in [2.75, 3.05) is 13.1 Å². The normalized spacial score (nSPS) is 14.6. The summed E-state index contributed by atoms with van der Waals surface area (Å²) in [5.41, 5.74) is 0. The van der Waals surface area contributed by atoms with Crippen LogP contribution in [0.15, 0.2) is 17.4 Å². The first kappa shape index (κ1) is 11.0. The standard InChI is InChI=1S/C6H10N2.CHF3/c1-2-8-5-3-7-4-6-8;2-1(3)4/h3-5H,2,6H2,1H3;1H. The highest BCUT2D eigenvalue weighted by Gasteiger charge is 1.92. The molecule has 0 spiro atoms. The first-order chi connectivity index (χ1) is 5.66. The van der Waals surface area contributed by atoms with Crippen molar-refractivity contribution < 1.29 is 13.2 Å². The van der Waals surface area contributed by atoms with Gasteiger partial charge in [-0.25, -0.2) is 0 Å². The van der Waals surface area contributed by atoms with E-state index in [1.165, 1.54) is 0 Å². The van der Waals surface area contributed by atoms with E-state index in [9.17, 15) is 13.2 Å². The number of hydrogen-bond donors (Lipinski definition) is 0. The topological polar surface area (TPSA) is 15.6 Å². The molecule has 0 aliphatic carbocycles. The number of alkyl halides is 3. The van der Waals surface area contributed by atoms with Gasteiger partial charge in [0, 0.05) is 25.2 Å². The van der Waals surface area contributed by atoms with Crippen molar-refractivity contribution in [2.45, 2.75) is 13.6 Å². The summed E-state index contributed by atoms with van der Waals surface area (Å²) in [4.78, 5) is 6.12. The van der Waals surface area contributed by atoms with Crippen LogP contribution in [0.4, 0.5) is 13.2 Å². The number of halogens is 3. The van der Waals surface area contributed by atoms with E-state index in [-0.39, 0.29) is 0 Å². The Hall–Kier alpha value is -1.00. The zero-order valence-corrected chi connectivity index (χ0v) is 6.75. The lowest BCUT2D eigenvalue weighted by molar-refractivity contribution is 0.00819. The molecule has 0 radical (unpaired) electrons. The zero-order valence-electron chi connectivity index (χ0n) is 6.75. The molecule has 0 aromatic rings. The Labute approximate surface area is 69.4 Å². The SMILES string of the molecule is CCN1C=CN=CC1.FC(F)F. The molecule has 0 N–H and O–H groups in total. The number of hydrogen-bond acceptors (Lipinski definition) is 2. The van der Waals surface area contributed by atoms with Gasteiger partial charge in [-0.1, -0.05) is 0 Å². The van der Waals surface area contributed by atoms with Gasteiger partial charge in [-0.05, 0) is 6.92 Å². The zero-order chi connectivity index (χ0) is 9.40. The average Bonchev–Trinajstić information content (AvgIpc) is 2.05. The molecule has 0 aromatic heterocycles. The predicted octanol–water partition coefficient (Wildman–Crippen LogP) is 2.04. The van der Waals surface area contributed by atoms with Crippen LogP contribution in [-0.2, 0) is 0 Å². The third-order valence-electron chi connectivity index (χ3n) is 1.19. The van der Waals surface area contributed by atoms with E-state index in [1.54, 1.807) is 0 Å². The molecule has 1 aliphatic rings. The molecule has 1 rings (SSSR count). The third-order valence-corrected chi connectivity index (χ3v) is 1.19. The summed E-state index contributed by atoms with van der Waals surface area (Å²) in [6.07, 6.45) is 5.72. The number of aliphatic imine (C=N–C) groups is 1. The first-order valence-electron chi connectivity index (χ1n) is 3.51. The van der Waals surface area contributed by atoms with Gasteiger partial charge in [-0.2, -0.15) is 13.2 Å². The van der Waals surface area contributed by atoms with Crippen LogP contribution < -0.4 is 0 Å². The van der Waals surface area contributed by atoms with Crippen LogP contribution in [0.5, 0.6) is 0 Å². The van der Waals surface area contributed by atoms with E-state index < -0.39 is 6.68 Å². The van der Waals surface area contributed by atoms with Gasteiger partial charge in [0.05, 0.1) is 6.54 Å². The van der Waals surface area contributed by atoms with Crippen LogP contribution in [0.3, 0.4) is 0 Å². The fourth-order valence-electron chi connectivity index (χ4n) is 0.641. The van der Waals surface area contributed by atoms with Crippen molar-refractivity contribution in [1.29, 1.82) is 0 Å². The second kappa shape index (κ2) is 6.69. The highest BCUT2D eigenvalue weighted by Crippen LogP contribution is 1.91. The molecule has 12 heavy (non-hydrogen) atoms. The third kappa shape index (κ3) is 7.11. The summed E-state index contributed by atoms with van der Waals surface area (Å²) in [6, 6.07) is 0. The molecule has 0 bridgehead atoms. The van der Waals surface area contributed by atoms with E-state index in [2.05, 4.69) is 16.8 Å². The summed E-state index contributed by atoms with van der Waals surface area (Å²) >= 11 is 0. The molecular formula is C7H11F3N2. The monoisotopic (exact) mass is 180 g/mol. The summed E-state index contributed by atoms with van der Waals surface area (Å²) in [5, 5.41) is 0. The molecule has 70 valence electrons. The van der Waals surface area contributed by atoms with Gasteiger partial charge in [-0.15, -0.1) is 0 Å². The lowest BCUT2D eigenvalue weighted by atomic mass is 10.5. The fourth-order valence-corrected chi connectivity index (χ4v) is 0.641. The molecular weight excluding hydrogens is 169 g/mol. The Balaban J connectivity index is 0.000000261. The molecule has 5 heteroatoms. The smallest absolute Gasteiger partial charge is 0.371 e. The number of nitrogens with zero attached hydrogens (tertiary/aromatic N) is 2. The molecule has 2 nitrogen and oxygen atoms in total. The van der Waals surface area contributed by atoms with Gasteiger partial charge in [-0.3, -0.25) is 4.99 Å². The van der Waals surface area contributed by atoms with Gasteiger partial charge < -0.3 is 4.90 Å². The molecule has 1 heterocycles. The molecule has 0 saturated carbocycles. The fraction of sp³-hybridized carbons (Fsp3) is 0.571. The summed E-state index contributed by atoms with van der Waals surface area (Å²) in [6.45, 7) is 0.499. The Bertz CT molecular complexity index is 154. The molecule has 0 fully saturated rings. The molecule has 0 amide bonds. The van der Waals surface area contributed by atoms with Crippen molar-refractivity contribution in [1.82, 2.24) is 4.90 Å². The van der Waals surface area contributed by atoms with Crippen molar-refractivity contribution in [3.05, 3.63) is 12.4 Å². The Morgan fingerprint density at radius 2 is 2.08 bits per heavy atom. The summed E-state index contributed by atoms with van der Waals surface area (Å²) in [5.74, 6) is 0. The van der Waals surface area contributed by atoms with Crippen molar-refractivity contribution in [2.24, 2.45) is 4.99 Å². The van der Waals surface area contributed by atoms with Crippen molar-refractivity contribution >= 4 is 6.21 Å². The molecule has 0 saturated heterocycles. The highest BCUT2D eigenvalue weighted by molar-refractivity contribution is 5.61. The first-order valence-corrected chi connectivity index (χ1v) is 3.51. The maximum absolute atomic E-state index is 9.67. The predicted molar refractivity (Wildman–Crippen MR) is 42.0 cm³/mol. The van der Waals surface area contributed by atoms with Crippen LogP contribution in [-0.4, -0.2) is 30.9 Å². The Kier molecular flexibility index (Phi) is 6.14. The maximum Gasteiger partial charge on any atom is 0.379 e. The number of rotatable bonds is 1. The van der Waals surface area contributed by atoms with Crippen LogP contribution in [0, 0.1) is 0 Å². The van der Waals surface area contributed by atoms with Crippen LogP contribution in [0.1, 0.15) is 6.92 Å². The molecule has 0 aromatic carbocycles. The minimum atomic E-state index is -3.67. The second-order valence-electron chi connectivity index (χ2n) is 1.96. The van der Waals surface area contributed by atoms with Gasteiger partial charge in [0.1, 0.15) is 0 Å². The van der Waals surface area contributed by atoms with Gasteiger partial charge in [0.15, 0.2) is 0 Å². The van der Waals surface area contributed by atoms with E-state index in [4.69, 9.17) is 0 Å². The minimum Gasteiger partial charge on any atom is -0.371 e. The Morgan fingerprint density at radius 3 is 2.33 bits per heavy atom. The van der Waals surface area contributed by atoms with Gasteiger partial charge in [0.2, 0.25) is 0 Å². The van der Waals surface area contributed by atoms with Gasteiger partial charge in [0.25, 0.3) is 0 Å². The molecule has 0 atom stereocenters. The minimum absolute atomic E-state index is 0.965. The largest absolute Gasteiger partial charge is 0.379 e. The van der Waals surface area contributed by atoms with Gasteiger partial charge >= 0.3 is 6.68 Å². The van der Waals surface area contributed by atoms with Crippen LogP contribution >= 0.6 is 0 Å². The quantitative estimate of drug-likeness (QED) is 0.603. The molecule has 1 aliphatic heterocycles. The Morgan fingerprint density at radius 1 is 1.50 bits per heavy atom. The van der Waals surface area contributed by atoms with Crippen molar-refractivity contribution in [3.63, 3.8) is 0 Å². The summed E-state index contributed by atoms with van der Waals surface area (Å²) in [7, 11) is 0. The van der Waals surface area contributed by atoms with E-state index >= 15 is 0 Å². The van der Waals surface area contributed by atoms with Crippen molar-refractivity contribution in [3.8, 4) is 0 Å². The van der Waals surface area contributed by atoms with Crippen LogP contribution in [0.25, 0.3) is 0 Å². The summed E-state index contributed by atoms with van der Waals surface area (Å²) < 4.78 is 29.0. The van der Waals surface area contributed by atoms with E-state index in [0.717, 1.165) is 13.1 Å². The lowest BCUT2D eigenvalue weighted by Crippen LogP contribution is -2.20. The maximum atomic E-state index is 9.67. The van der Waals surface area contributed by atoms with E-state index in [1.807, 2.05) is 18.6 Å². The average molecular weight is 180 g/mol. The van der Waals surface area contributed by atoms with Crippen LogP contribution in [0.2, 0.25) is 0 Å². The lowest BCUT2D eigenvalue weighted by Gasteiger charge is -2.16. The van der Waals surface area contributed by atoms with E-state index in [0.29, 0.717) is 0 Å². The highest BCUT2D eigenvalue weighted by atomic mass is 19.4.